The van der Waals surface area contributed by atoms with Gasteiger partial charge >= 0.3 is 6.36 Å². The molecule has 2 heterocycles. The van der Waals surface area contributed by atoms with Crippen LogP contribution in [0.15, 0.2) is 59.5 Å². The number of pyridine rings is 1. The number of nitrogens with one attached hydrogen (secondary N) is 1. The fourth-order valence-electron chi connectivity index (χ4n) is 3.62. The first-order valence-corrected chi connectivity index (χ1v) is 9.27. The van der Waals surface area contributed by atoms with Gasteiger partial charge in [-0.05, 0) is 24.3 Å². The van der Waals surface area contributed by atoms with E-state index < -0.39 is 6.36 Å². The van der Waals surface area contributed by atoms with Crippen LogP contribution in [0, 0.1) is 0 Å². The van der Waals surface area contributed by atoms with Crippen LogP contribution in [0.2, 0.25) is 0 Å². The van der Waals surface area contributed by atoms with E-state index in [-0.39, 0.29) is 17.3 Å². The third-order valence-corrected chi connectivity index (χ3v) is 4.89. The van der Waals surface area contributed by atoms with Crippen molar-refractivity contribution in [2.45, 2.75) is 25.3 Å². The topological polar surface area (TPSA) is 54.6 Å². The Hall–Kier alpha value is -3.16. The molecule has 1 N–H and O–H groups in total. The van der Waals surface area contributed by atoms with Crippen LogP contribution in [-0.4, -0.2) is 30.5 Å². The number of benzene rings is 2. The maximum atomic E-state index is 12.4. The van der Waals surface area contributed by atoms with Gasteiger partial charge in [0.2, 0.25) is 0 Å². The highest BCUT2D eigenvalue weighted by molar-refractivity contribution is 5.91. The summed E-state index contributed by atoms with van der Waals surface area (Å²) in [5.74, 6) is 0.0363. The van der Waals surface area contributed by atoms with Crippen molar-refractivity contribution >= 4 is 16.6 Å². The van der Waals surface area contributed by atoms with Gasteiger partial charge in [-0.25, -0.2) is 0 Å². The number of nitrogens with zero attached hydrogens (tertiary/aromatic N) is 1. The maximum absolute atomic E-state index is 12.4. The third kappa shape index (κ3) is 4.47. The zero-order chi connectivity index (χ0) is 20.4. The van der Waals surface area contributed by atoms with E-state index in [1.54, 1.807) is 12.3 Å². The molecule has 0 spiro atoms. The molecule has 2 aromatic carbocycles. The van der Waals surface area contributed by atoms with Crippen LogP contribution in [0.5, 0.6) is 11.5 Å². The van der Waals surface area contributed by atoms with Crippen molar-refractivity contribution in [3.8, 4) is 11.5 Å². The van der Waals surface area contributed by atoms with Crippen molar-refractivity contribution in [2.75, 3.05) is 18.0 Å². The maximum Gasteiger partial charge on any atom is 0.573 e. The van der Waals surface area contributed by atoms with Crippen LogP contribution in [0.3, 0.4) is 0 Å². The number of rotatable bonds is 4. The van der Waals surface area contributed by atoms with E-state index in [0.29, 0.717) is 37.1 Å². The van der Waals surface area contributed by atoms with Gasteiger partial charge in [-0.2, -0.15) is 0 Å². The molecule has 0 unspecified atom stereocenters. The van der Waals surface area contributed by atoms with E-state index in [2.05, 4.69) is 14.6 Å². The lowest BCUT2D eigenvalue weighted by Crippen LogP contribution is -2.38. The standard InChI is InChI=1S/C21H19F3N2O3/c22-21(23,24)29-16-4-1-3-15(13-16)28-14-8-11-26(12-9-14)18-6-2-5-17-20(18)19(27)7-10-25-17/h1-7,10,13-14H,8-9,11-12H2,(H,25,27). The summed E-state index contributed by atoms with van der Waals surface area (Å²) in [6, 6.07) is 12.8. The summed E-state index contributed by atoms with van der Waals surface area (Å²) in [5, 5.41) is 0.659. The number of alkyl halides is 3. The van der Waals surface area contributed by atoms with E-state index in [1.807, 2.05) is 18.2 Å². The van der Waals surface area contributed by atoms with E-state index >= 15 is 0 Å². The molecule has 1 aliphatic heterocycles. The molecule has 0 bridgehead atoms. The van der Waals surface area contributed by atoms with Crippen LogP contribution in [-0.2, 0) is 0 Å². The highest BCUT2D eigenvalue weighted by Crippen LogP contribution is 2.30. The van der Waals surface area contributed by atoms with Gasteiger partial charge in [0.15, 0.2) is 5.43 Å². The van der Waals surface area contributed by atoms with Gasteiger partial charge in [0, 0.05) is 44.3 Å². The number of anilines is 1. The monoisotopic (exact) mass is 404 g/mol. The van der Waals surface area contributed by atoms with Crippen LogP contribution in [0.25, 0.3) is 10.9 Å². The fraction of sp³-hybridized carbons (Fsp3) is 0.286. The first-order chi connectivity index (χ1) is 13.9. The second kappa shape index (κ2) is 7.69. The second-order valence-corrected chi connectivity index (χ2v) is 6.87. The average molecular weight is 404 g/mol. The number of piperidine rings is 1. The quantitative estimate of drug-likeness (QED) is 0.697. The van der Waals surface area contributed by atoms with Crippen molar-refractivity contribution in [1.29, 1.82) is 0 Å². The Morgan fingerprint density at radius 3 is 2.48 bits per heavy atom. The zero-order valence-corrected chi connectivity index (χ0v) is 15.4. The summed E-state index contributed by atoms with van der Waals surface area (Å²) in [6.45, 7) is 1.35. The minimum Gasteiger partial charge on any atom is -0.490 e. The lowest BCUT2D eigenvalue weighted by molar-refractivity contribution is -0.274. The van der Waals surface area contributed by atoms with E-state index in [1.165, 1.54) is 24.3 Å². The molecule has 8 heteroatoms. The number of aromatic amines is 1. The number of fused-ring (bicyclic) bond motifs is 1. The summed E-state index contributed by atoms with van der Waals surface area (Å²) < 4.78 is 46.9. The number of halogens is 3. The molecule has 3 aromatic rings. The van der Waals surface area contributed by atoms with Crippen LogP contribution >= 0.6 is 0 Å². The summed E-state index contributed by atoms with van der Waals surface area (Å²) >= 11 is 0. The zero-order valence-electron chi connectivity index (χ0n) is 15.4. The first-order valence-electron chi connectivity index (χ1n) is 9.27. The minimum absolute atomic E-state index is 0.0331. The Balaban J connectivity index is 1.43. The van der Waals surface area contributed by atoms with Crippen LogP contribution < -0.4 is 19.8 Å². The van der Waals surface area contributed by atoms with Crippen molar-refractivity contribution in [3.63, 3.8) is 0 Å². The summed E-state index contributed by atoms with van der Waals surface area (Å²) in [4.78, 5) is 17.5. The van der Waals surface area contributed by atoms with Gasteiger partial charge in [0.1, 0.15) is 17.6 Å². The molecule has 0 amide bonds. The van der Waals surface area contributed by atoms with Crippen LogP contribution in [0.4, 0.5) is 18.9 Å². The van der Waals surface area contributed by atoms with Gasteiger partial charge in [-0.1, -0.05) is 12.1 Å². The number of hydrogen-bond acceptors (Lipinski definition) is 4. The smallest absolute Gasteiger partial charge is 0.490 e. The fourth-order valence-corrected chi connectivity index (χ4v) is 3.62. The summed E-state index contributed by atoms with van der Waals surface area (Å²) in [5.41, 5.74) is 1.63. The first kappa shape index (κ1) is 19.2. The molecule has 4 rings (SSSR count). The lowest BCUT2D eigenvalue weighted by Gasteiger charge is -2.34. The Bertz CT molecular complexity index is 1050. The predicted octanol–water partition coefficient (Wildman–Crippen LogP) is 4.47. The van der Waals surface area contributed by atoms with Crippen molar-refractivity contribution in [2.24, 2.45) is 0 Å². The van der Waals surface area contributed by atoms with E-state index in [4.69, 9.17) is 4.74 Å². The Kier molecular flexibility index (Phi) is 5.08. The summed E-state index contributed by atoms with van der Waals surface area (Å²) in [6.07, 6.45) is -1.86. The molecule has 1 aliphatic rings. The predicted molar refractivity (Wildman–Crippen MR) is 104 cm³/mol. The van der Waals surface area contributed by atoms with Crippen LogP contribution in [0.1, 0.15) is 12.8 Å². The molecule has 0 aliphatic carbocycles. The van der Waals surface area contributed by atoms with Gasteiger partial charge in [0.25, 0.3) is 0 Å². The molecule has 1 saturated heterocycles. The largest absolute Gasteiger partial charge is 0.573 e. The molecule has 29 heavy (non-hydrogen) atoms. The van der Waals surface area contributed by atoms with Crippen molar-refractivity contribution < 1.29 is 22.6 Å². The number of H-pyrrole nitrogens is 1. The molecule has 1 aromatic heterocycles. The molecule has 5 nitrogen and oxygen atoms in total. The Morgan fingerprint density at radius 2 is 1.72 bits per heavy atom. The highest BCUT2D eigenvalue weighted by Gasteiger charge is 2.31. The molecule has 0 saturated carbocycles. The molecule has 1 fully saturated rings. The number of ether oxygens (including phenoxy) is 2. The van der Waals surface area contributed by atoms with Gasteiger partial charge in [-0.3, -0.25) is 4.79 Å². The highest BCUT2D eigenvalue weighted by atomic mass is 19.4. The lowest BCUT2D eigenvalue weighted by atomic mass is 10.0. The average Bonchev–Trinajstić information content (AvgIpc) is 2.67. The van der Waals surface area contributed by atoms with Crippen molar-refractivity contribution in [1.82, 2.24) is 4.98 Å². The number of aromatic nitrogens is 1. The second-order valence-electron chi connectivity index (χ2n) is 6.87. The molecule has 152 valence electrons. The Morgan fingerprint density at radius 1 is 1.00 bits per heavy atom. The molecule has 0 radical (unpaired) electrons. The molecular formula is C21H19F3N2O3. The van der Waals surface area contributed by atoms with Gasteiger partial charge < -0.3 is 19.4 Å². The summed E-state index contributed by atoms with van der Waals surface area (Å²) in [7, 11) is 0. The van der Waals surface area contributed by atoms with E-state index in [0.717, 1.165) is 11.2 Å². The van der Waals surface area contributed by atoms with E-state index in [9.17, 15) is 18.0 Å². The normalized spacial score (nSPS) is 15.5. The number of hydrogen-bond donors (Lipinski definition) is 1. The Labute approximate surface area is 164 Å². The SMILES string of the molecule is O=c1cc[nH]c2cccc(N3CCC(Oc4cccc(OC(F)(F)F)c4)CC3)c12. The van der Waals surface area contributed by atoms with Crippen molar-refractivity contribution in [3.05, 3.63) is 65.0 Å². The minimum atomic E-state index is -4.74. The van der Waals surface area contributed by atoms with Gasteiger partial charge in [-0.15, -0.1) is 13.2 Å². The molecular weight excluding hydrogens is 385 g/mol. The molecule has 0 atom stereocenters. The third-order valence-electron chi connectivity index (χ3n) is 4.89. The van der Waals surface area contributed by atoms with Gasteiger partial charge in [0.05, 0.1) is 16.6 Å².